The lowest BCUT2D eigenvalue weighted by atomic mass is 9.93. The third-order valence-corrected chi connectivity index (χ3v) is 13.5. The minimum atomic E-state index is -1.13. The maximum Gasteiger partial charge on any atom is 0.335 e. The molecule has 2 atom stereocenters. The van der Waals surface area contributed by atoms with Gasteiger partial charge in [-0.05, 0) is 119 Å². The Bertz CT molecular complexity index is 2730. The lowest BCUT2D eigenvalue weighted by molar-refractivity contribution is 0.0696. The van der Waals surface area contributed by atoms with Crippen molar-refractivity contribution in [3.8, 4) is 9.75 Å². The van der Waals surface area contributed by atoms with Crippen molar-refractivity contribution >= 4 is 79.4 Å². The summed E-state index contributed by atoms with van der Waals surface area (Å²) in [6.07, 6.45) is 7.56. The molecule has 2 unspecified atom stereocenters. The van der Waals surface area contributed by atoms with Crippen LogP contribution < -0.4 is 4.90 Å². The number of carbonyl (C=O) groups excluding carboxylic acids is 2. The Labute approximate surface area is 326 Å². The molecule has 266 valence electrons. The lowest BCUT2D eigenvalue weighted by Crippen LogP contribution is -2.26. The van der Waals surface area contributed by atoms with Crippen molar-refractivity contribution in [2.24, 2.45) is 0 Å². The second-order valence-corrected chi connectivity index (χ2v) is 16.6. The SMILES string of the molecule is O=C(O)c1ccc2c(c1)C(=O)/C(=C/c1ccc(-c3cc4ccc(N5c6ccc(C=C(c7ccccc7)c7ccccc7)cc6C6CCCC65)cc4s3)s1)C2=O. The number of nitrogens with zero attached hydrogens (tertiary/aromatic N) is 1. The number of allylic oxidation sites excluding steroid dienone is 1. The third-order valence-electron chi connectivity index (χ3n) is 11.2. The highest BCUT2D eigenvalue weighted by Gasteiger charge is 2.42. The van der Waals surface area contributed by atoms with Gasteiger partial charge in [0.2, 0.25) is 0 Å². The van der Waals surface area contributed by atoms with E-state index in [0.29, 0.717) is 12.0 Å². The average Bonchev–Trinajstić information content (AvgIpc) is 4.05. The molecular weight excluding hydrogens is 719 g/mol. The van der Waals surface area contributed by atoms with Gasteiger partial charge in [0, 0.05) is 53.8 Å². The Kier molecular flexibility index (Phi) is 8.08. The summed E-state index contributed by atoms with van der Waals surface area (Å²) in [6, 6.07) is 45.8. The maximum absolute atomic E-state index is 13.2. The van der Waals surface area contributed by atoms with Crippen molar-refractivity contribution in [3.63, 3.8) is 0 Å². The van der Waals surface area contributed by atoms with Gasteiger partial charge in [0.25, 0.3) is 0 Å². The van der Waals surface area contributed by atoms with Gasteiger partial charge in [0.1, 0.15) is 0 Å². The molecular formula is C48H33NO4S2. The van der Waals surface area contributed by atoms with Gasteiger partial charge in [-0.2, -0.15) is 0 Å². The molecule has 0 spiro atoms. The first-order valence-corrected chi connectivity index (χ1v) is 20.1. The molecule has 7 aromatic rings. The van der Waals surface area contributed by atoms with Crippen molar-refractivity contribution in [1.82, 2.24) is 0 Å². The summed E-state index contributed by atoms with van der Waals surface area (Å²) < 4.78 is 1.21. The van der Waals surface area contributed by atoms with Crippen LogP contribution >= 0.6 is 22.7 Å². The predicted molar refractivity (Wildman–Crippen MR) is 224 cm³/mol. The smallest absolute Gasteiger partial charge is 0.335 e. The maximum atomic E-state index is 13.2. The fraction of sp³-hybridized carbons (Fsp3) is 0.104. The van der Waals surface area contributed by atoms with Gasteiger partial charge in [-0.3, -0.25) is 9.59 Å². The minimum Gasteiger partial charge on any atom is -0.478 e. The Balaban J connectivity index is 0.949. The summed E-state index contributed by atoms with van der Waals surface area (Å²) in [5.74, 6) is -1.44. The van der Waals surface area contributed by atoms with E-state index in [2.05, 4.69) is 114 Å². The van der Waals surface area contributed by atoms with E-state index in [9.17, 15) is 19.5 Å². The number of carboxylic acids is 1. The molecule has 1 N–H and O–H groups in total. The van der Waals surface area contributed by atoms with Gasteiger partial charge in [0.15, 0.2) is 11.6 Å². The molecule has 2 aromatic heterocycles. The highest BCUT2D eigenvalue weighted by Crippen LogP contribution is 2.53. The van der Waals surface area contributed by atoms with E-state index in [4.69, 9.17) is 0 Å². The van der Waals surface area contributed by atoms with E-state index in [1.807, 2.05) is 12.1 Å². The number of thiophene rings is 2. The topological polar surface area (TPSA) is 74.7 Å². The van der Waals surface area contributed by atoms with E-state index in [-0.39, 0.29) is 28.0 Å². The van der Waals surface area contributed by atoms with Gasteiger partial charge in [-0.25, -0.2) is 4.79 Å². The number of carboxylic acid groups (broad SMARTS) is 1. The van der Waals surface area contributed by atoms with Crippen LogP contribution in [0.3, 0.4) is 0 Å². The van der Waals surface area contributed by atoms with Crippen molar-refractivity contribution in [3.05, 3.63) is 183 Å². The first-order chi connectivity index (χ1) is 26.9. The molecule has 55 heavy (non-hydrogen) atoms. The zero-order chi connectivity index (χ0) is 37.2. The van der Waals surface area contributed by atoms with Crippen molar-refractivity contribution in [2.45, 2.75) is 31.2 Å². The molecule has 5 nitrogen and oxygen atoms in total. The first-order valence-electron chi connectivity index (χ1n) is 18.5. The Morgan fingerprint density at radius 1 is 0.691 bits per heavy atom. The number of hydrogen-bond donors (Lipinski definition) is 1. The number of Topliss-reactive ketones (excluding diaryl/α,β-unsaturated/α-hetero) is 2. The van der Waals surface area contributed by atoms with Crippen LogP contribution in [0.1, 0.15) is 83.4 Å². The summed E-state index contributed by atoms with van der Waals surface area (Å²) in [7, 11) is 0. The standard InChI is InChI=1S/C48H33NO4S2/c50-46-36-19-16-32(48(52)53)24-39(36)47(51)40(46)27-34-18-21-43(54-34)45-25-31-15-17-33(26-44(31)55-45)49-41-13-7-12-35(41)38-23-28(14-20-42(38)49)22-37(29-8-3-1-4-9-29)30-10-5-2-6-11-30/h1-6,8-11,14-27,35,41H,7,12-13H2,(H,52,53)/b40-27+. The zero-order valence-corrected chi connectivity index (χ0v) is 31.2. The zero-order valence-electron chi connectivity index (χ0n) is 29.6. The van der Waals surface area contributed by atoms with Gasteiger partial charge < -0.3 is 10.0 Å². The monoisotopic (exact) mass is 751 g/mol. The molecule has 1 fully saturated rings. The molecule has 1 aliphatic heterocycles. The lowest BCUT2D eigenvalue weighted by Gasteiger charge is -2.27. The number of ketones is 2. The van der Waals surface area contributed by atoms with Crippen LogP contribution in [0.25, 0.3) is 37.6 Å². The molecule has 7 heteroatoms. The number of fused-ring (bicyclic) bond motifs is 5. The minimum absolute atomic E-state index is 0.0109. The van der Waals surface area contributed by atoms with E-state index in [1.54, 1.807) is 17.4 Å². The highest BCUT2D eigenvalue weighted by atomic mass is 32.1. The predicted octanol–water partition coefficient (Wildman–Crippen LogP) is 12.2. The van der Waals surface area contributed by atoms with Crippen LogP contribution in [0, 0.1) is 0 Å². The van der Waals surface area contributed by atoms with Crippen LogP contribution in [0.4, 0.5) is 11.4 Å². The van der Waals surface area contributed by atoms with Crippen LogP contribution in [-0.4, -0.2) is 28.7 Å². The molecule has 2 aliphatic carbocycles. The Hall–Kier alpha value is -6.15. The number of carbonyl (C=O) groups is 3. The van der Waals surface area contributed by atoms with E-state index >= 15 is 0 Å². The molecule has 3 aliphatic rings. The summed E-state index contributed by atoms with van der Waals surface area (Å²) in [6.45, 7) is 0. The summed E-state index contributed by atoms with van der Waals surface area (Å²) in [5, 5.41) is 10.5. The molecule has 5 aromatic carbocycles. The number of anilines is 2. The quantitative estimate of drug-likeness (QED) is 0.0997. The largest absolute Gasteiger partial charge is 0.478 e. The van der Waals surface area contributed by atoms with Crippen LogP contribution in [-0.2, 0) is 0 Å². The summed E-state index contributed by atoms with van der Waals surface area (Å²) in [4.78, 5) is 43.3. The van der Waals surface area contributed by atoms with Crippen molar-refractivity contribution < 1.29 is 19.5 Å². The molecule has 0 amide bonds. The third kappa shape index (κ3) is 5.79. The van der Waals surface area contributed by atoms with Crippen molar-refractivity contribution in [1.29, 1.82) is 0 Å². The normalized spacial score (nSPS) is 17.8. The highest BCUT2D eigenvalue weighted by molar-refractivity contribution is 7.26. The fourth-order valence-electron chi connectivity index (χ4n) is 8.62. The van der Waals surface area contributed by atoms with Gasteiger partial charge in [-0.15, -0.1) is 22.7 Å². The van der Waals surface area contributed by atoms with Crippen LogP contribution in [0.2, 0.25) is 0 Å². The molecule has 0 bridgehead atoms. The second kappa shape index (κ2) is 13.3. The van der Waals surface area contributed by atoms with Crippen LogP contribution in [0.15, 0.2) is 139 Å². The van der Waals surface area contributed by atoms with E-state index in [1.165, 1.54) is 98.1 Å². The van der Waals surface area contributed by atoms with E-state index < -0.39 is 11.8 Å². The van der Waals surface area contributed by atoms with Crippen LogP contribution in [0.5, 0.6) is 0 Å². The number of hydrogen-bond acceptors (Lipinski definition) is 6. The van der Waals surface area contributed by atoms with E-state index in [0.717, 1.165) is 14.6 Å². The number of aromatic carboxylic acids is 1. The van der Waals surface area contributed by atoms with Gasteiger partial charge >= 0.3 is 5.97 Å². The first kappa shape index (κ1) is 33.4. The number of benzene rings is 5. The Morgan fingerprint density at radius 2 is 1.45 bits per heavy atom. The molecule has 1 saturated carbocycles. The average molecular weight is 752 g/mol. The number of rotatable bonds is 7. The fourth-order valence-corrected chi connectivity index (χ4v) is 10.7. The molecule has 10 rings (SSSR count). The molecule has 0 saturated heterocycles. The van der Waals surface area contributed by atoms with Crippen molar-refractivity contribution in [2.75, 3.05) is 4.90 Å². The molecule has 3 heterocycles. The second-order valence-electron chi connectivity index (χ2n) is 14.4. The van der Waals surface area contributed by atoms with Gasteiger partial charge in [-0.1, -0.05) is 79.2 Å². The summed E-state index contributed by atoms with van der Waals surface area (Å²) >= 11 is 3.29. The Morgan fingerprint density at radius 3 is 2.22 bits per heavy atom. The van der Waals surface area contributed by atoms with Gasteiger partial charge in [0.05, 0.1) is 11.1 Å². The summed E-state index contributed by atoms with van der Waals surface area (Å²) in [5.41, 5.74) is 9.26. The molecule has 0 radical (unpaired) electrons.